The lowest BCUT2D eigenvalue weighted by Gasteiger charge is -2.24. The first-order chi connectivity index (χ1) is 9.33. The van der Waals surface area contributed by atoms with E-state index in [1.807, 2.05) is 0 Å². The van der Waals surface area contributed by atoms with Crippen LogP contribution in [-0.4, -0.2) is 34.4 Å². The first kappa shape index (κ1) is 12.9. The Hall–Kier alpha value is -1.10. The van der Waals surface area contributed by atoms with Gasteiger partial charge in [0.1, 0.15) is 0 Å². The van der Waals surface area contributed by atoms with E-state index in [-0.39, 0.29) is 6.10 Å². The Bertz CT molecular complexity index is 395. The number of hydrogen-bond donors (Lipinski definition) is 1. The van der Waals surface area contributed by atoms with Crippen molar-refractivity contribution < 1.29 is 9.63 Å². The summed E-state index contributed by atoms with van der Waals surface area (Å²) in [6.07, 6.45) is 8.63. The Morgan fingerprint density at radius 2 is 1.89 bits per heavy atom. The maximum atomic E-state index is 10.2. The molecule has 0 aromatic carbocycles. The number of hydrogen-bond acceptors (Lipinski definition) is 5. The number of nitrogens with zero attached hydrogens (tertiary/aromatic N) is 3. The quantitative estimate of drug-likeness (QED) is 0.903. The Labute approximate surface area is 114 Å². The zero-order chi connectivity index (χ0) is 13.1. The molecule has 2 heterocycles. The molecular weight excluding hydrogens is 242 g/mol. The summed E-state index contributed by atoms with van der Waals surface area (Å²) >= 11 is 0. The van der Waals surface area contributed by atoms with Gasteiger partial charge in [0.2, 0.25) is 5.89 Å². The van der Waals surface area contributed by atoms with E-state index in [9.17, 15) is 5.11 Å². The van der Waals surface area contributed by atoms with Crippen molar-refractivity contribution in [2.45, 2.75) is 57.5 Å². The minimum absolute atomic E-state index is 0.322. The Balaban J connectivity index is 1.57. The van der Waals surface area contributed by atoms with Gasteiger partial charge in [-0.2, -0.15) is 4.98 Å². The van der Waals surface area contributed by atoms with Crippen molar-refractivity contribution in [3.05, 3.63) is 5.89 Å². The third-order valence-electron chi connectivity index (χ3n) is 4.42. The largest absolute Gasteiger partial charge is 0.392 e. The summed E-state index contributed by atoms with van der Waals surface area (Å²) in [6, 6.07) is 0. The van der Waals surface area contributed by atoms with Crippen LogP contribution >= 0.6 is 0 Å². The summed E-state index contributed by atoms with van der Waals surface area (Å²) in [6.45, 7) is 2.04. The zero-order valence-corrected chi connectivity index (χ0v) is 11.4. The lowest BCUT2D eigenvalue weighted by molar-refractivity contribution is 0.102. The van der Waals surface area contributed by atoms with Gasteiger partial charge in [-0.1, -0.05) is 12.8 Å². The van der Waals surface area contributed by atoms with Crippen LogP contribution in [0.25, 0.3) is 0 Å². The molecule has 1 saturated carbocycles. The number of aromatic nitrogens is 2. The fraction of sp³-hybridized carbons (Fsp3) is 0.857. The van der Waals surface area contributed by atoms with Gasteiger partial charge in [0.05, 0.1) is 12.5 Å². The molecule has 2 aliphatic rings. The van der Waals surface area contributed by atoms with Crippen LogP contribution in [0.4, 0.5) is 5.95 Å². The lowest BCUT2D eigenvalue weighted by atomic mass is 9.98. The molecule has 3 rings (SSSR count). The third-order valence-corrected chi connectivity index (χ3v) is 4.42. The van der Waals surface area contributed by atoms with Crippen molar-refractivity contribution in [1.82, 2.24) is 10.1 Å². The van der Waals surface area contributed by atoms with E-state index in [1.54, 1.807) is 0 Å². The minimum Gasteiger partial charge on any atom is -0.392 e. The van der Waals surface area contributed by atoms with Crippen molar-refractivity contribution >= 4 is 5.95 Å². The highest BCUT2D eigenvalue weighted by atomic mass is 16.5. The van der Waals surface area contributed by atoms with Crippen molar-refractivity contribution in [3.63, 3.8) is 0 Å². The highest BCUT2D eigenvalue weighted by Crippen LogP contribution is 2.29. The summed E-state index contributed by atoms with van der Waals surface area (Å²) in [5.74, 6) is 1.71. The average molecular weight is 265 g/mol. The molecule has 1 saturated heterocycles. The van der Waals surface area contributed by atoms with Crippen molar-refractivity contribution in [2.24, 2.45) is 5.92 Å². The molecule has 5 nitrogen and oxygen atoms in total. The predicted molar refractivity (Wildman–Crippen MR) is 72.0 cm³/mol. The van der Waals surface area contributed by atoms with Gasteiger partial charge in [0.15, 0.2) is 0 Å². The van der Waals surface area contributed by atoms with Gasteiger partial charge in [0, 0.05) is 13.1 Å². The Kier molecular flexibility index (Phi) is 4.01. The maximum absolute atomic E-state index is 10.2. The van der Waals surface area contributed by atoms with Crippen LogP contribution in [0, 0.1) is 5.92 Å². The third kappa shape index (κ3) is 3.08. The van der Waals surface area contributed by atoms with Crippen LogP contribution in [0.15, 0.2) is 4.52 Å². The van der Waals surface area contributed by atoms with Crippen molar-refractivity contribution in [1.29, 1.82) is 0 Å². The van der Waals surface area contributed by atoms with Crippen LogP contribution in [0.2, 0.25) is 0 Å². The van der Waals surface area contributed by atoms with Gasteiger partial charge in [0.25, 0.3) is 5.95 Å². The van der Waals surface area contributed by atoms with Gasteiger partial charge in [-0.05, 0) is 43.2 Å². The standard InChI is InChI=1S/C14H23N3O2/c18-12(11-6-2-3-7-11)10-13-15-14(16-19-13)17-8-4-1-5-9-17/h11-12,18H,1-10H2. The number of piperidine rings is 1. The molecule has 1 atom stereocenters. The summed E-state index contributed by atoms with van der Waals surface area (Å²) in [5, 5.41) is 14.2. The molecular formula is C14H23N3O2. The van der Waals surface area contributed by atoms with Crippen LogP contribution in [0.5, 0.6) is 0 Å². The summed E-state index contributed by atoms with van der Waals surface area (Å²) in [5.41, 5.74) is 0. The van der Waals surface area contributed by atoms with Crippen LogP contribution in [0.3, 0.4) is 0 Å². The molecule has 0 radical (unpaired) electrons. The molecule has 5 heteroatoms. The molecule has 1 unspecified atom stereocenters. The zero-order valence-electron chi connectivity index (χ0n) is 11.4. The average Bonchev–Trinajstić information content (AvgIpc) is 3.11. The molecule has 1 aromatic heterocycles. The molecule has 1 aromatic rings. The second-order valence-electron chi connectivity index (χ2n) is 5.85. The lowest BCUT2D eigenvalue weighted by Crippen LogP contribution is -2.30. The highest BCUT2D eigenvalue weighted by molar-refractivity contribution is 5.28. The summed E-state index contributed by atoms with van der Waals surface area (Å²) < 4.78 is 5.29. The first-order valence-corrected chi connectivity index (χ1v) is 7.58. The normalized spacial score (nSPS) is 22.9. The maximum Gasteiger partial charge on any atom is 0.266 e. The molecule has 1 aliphatic heterocycles. The van der Waals surface area contributed by atoms with Gasteiger partial charge in [-0.15, -0.1) is 0 Å². The Morgan fingerprint density at radius 3 is 2.63 bits per heavy atom. The van der Waals surface area contributed by atoms with E-state index in [2.05, 4.69) is 15.0 Å². The Morgan fingerprint density at radius 1 is 1.16 bits per heavy atom. The number of aliphatic hydroxyl groups is 1. The molecule has 106 valence electrons. The van der Waals surface area contributed by atoms with E-state index < -0.39 is 0 Å². The second kappa shape index (κ2) is 5.90. The van der Waals surface area contributed by atoms with Gasteiger partial charge in [-0.3, -0.25) is 0 Å². The van der Waals surface area contributed by atoms with E-state index in [1.165, 1.54) is 32.1 Å². The molecule has 0 amide bonds. The van der Waals surface area contributed by atoms with Gasteiger partial charge in [-0.25, -0.2) is 0 Å². The van der Waals surface area contributed by atoms with Crippen molar-refractivity contribution in [3.8, 4) is 0 Å². The van der Waals surface area contributed by atoms with E-state index in [4.69, 9.17) is 4.52 Å². The fourth-order valence-corrected chi connectivity index (χ4v) is 3.24. The molecule has 1 aliphatic carbocycles. The SMILES string of the molecule is OC(Cc1nc(N2CCCCC2)no1)C1CCCC1. The first-order valence-electron chi connectivity index (χ1n) is 7.58. The van der Waals surface area contributed by atoms with E-state index in [0.29, 0.717) is 24.2 Å². The number of anilines is 1. The fourth-order valence-electron chi connectivity index (χ4n) is 3.24. The van der Waals surface area contributed by atoms with E-state index >= 15 is 0 Å². The smallest absolute Gasteiger partial charge is 0.266 e. The minimum atomic E-state index is -0.322. The van der Waals surface area contributed by atoms with Crippen LogP contribution < -0.4 is 4.90 Å². The molecule has 19 heavy (non-hydrogen) atoms. The van der Waals surface area contributed by atoms with Crippen LogP contribution in [0.1, 0.15) is 50.8 Å². The molecule has 1 N–H and O–H groups in total. The van der Waals surface area contributed by atoms with Gasteiger partial charge >= 0.3 is 0 Å². The van der Waals surface area contributed by atoms with E-state index in [0.717, 1.165) is 25.9 Å². The van der Waals surface area contributed by atoms with Crippen LogP contribution in [-0.2, 0) is 6.42 Å². The molecule has 2 fully saturated rings. The van der Waals surface area contributed by atoms with Crippen molar-refractivity contribution in [2.75, 3.05) is 18.0 Å². The monoisotopic (exact) mass is 265 g/mol. The topological polar surface area (TPSA) is 62.4 Å². The second-order valence-corrected chi connectivity index (χ2v) is 5.85. The molecule has 0 spiro atoms. The number of aliphatic hydroxyl groups excluding tert-OH is 1. The number of rotatable bonds is 4. The highest BCUT2D eigenvalue weighted by Gasteiger charge is 2.25. The summed E-state index contributed by atoms with van der Waals surface area (Å²) in [7, 11) is 0. The molecule has 0 bridgehead atoms. The van der Waals surface area contributed by atoms with Gasteiger partial charge < -0.3 is 14.5 Å². The predicted octanol–water partition coefficient (Wildman–Crippen LogP) is 2.15. The summed E-state index contributed by atoms with van der Waals surface area (Å²) in [4.78, 5) is 6.61.